The molecule has 0 bridgehead atoms. The lowest BCUT2D eigenvalue weighted by atomic mass is 9.98. The second-order valence-corrected chi connectivity index (χ2v) is 4.17. The first-order valence-corrected chi connectivity index (χ1v) is 5.54. The van der Waals surface area contributed by atoms with E-state index < -0.39 is 0 Å². The third kappa shape index (κ3) is 2.47. The van der Waals surface area contributed by atoms with E-state index in [0.717, 1.165) is 16.7 Å². The second-order valence-electron chi connectivity index (χ2n) is 4.17. The van der Waals surface area contributed by atoms with Gasteiger partial charge in [0, 0.05) is 23.6 Å². The molecule has 5 N–H and O–H groups in total. The highest BCUT2D eigenvalue weighted by Crippen LogP contribution is 2.26. The van der Waals surface area contributed by atoms with Crippen LogP contribution in [0.5, 0.6) is 0 Å². The number of nitrogens with one attached hydrogen (secondary N) is 1. The highest BCUT2D eigenvalue weighted by molar-refractivity contribution is 5.49. The van der Waals surface area contributed by atoms with Crippen molar-refractivity contribution >= 4 is 5.69 Å². The van der Waals surface area contributed by atoms with Gasteiger partial charge in [-0.3, -0.25) is 10.8 Å². The number of benzene rings is 1. The van der Waals surface area contributed by atoms with Gasteiger partial charge in [-0.05, 0) is 36.2 Å². The quantitative estimate of drug-likeness (QED) is 0.568. The van der Waals surface area contributed by atoms with E-state index in [4.69, 9.17) is 11.6 Å². The number of nitrogens with zero attached hydrogens (tertiary/aromatic N) is 1. The molecule has 1 unspecified atom stereocenters. The molecule has 0 spiro atoms. The Balaban J connectivity index is 2.48. The second kappa shape index (κ2) is 5.12. The number of halogens is 1. The minimum Gasteiger partial charge on any atom is -0.398 e. The molecule has 0 aliphatic carbocycles. The van der Waals surface area contributed by atoms with Crippen LogP contribution in [0.1, 0.15) is 22.7 Å². The first-order valence-electron chi connectivity index (χ1n) is 5.54. The van der Waals surface area contributed by atoms with E-state index in [1.807, 2.05) is 13.0 Å². The lowest BCUT2D eigenvalue weighted by molar-refractivity contribution is 0.603. The molecule has 5 heteroatoms. The molecule has 0 saturated heterocycles. The van der Waals surface area contributed by atoms with Crippen molar-refractivity contribution in [2.24, 2.45) is 5.84 Å². The number of aromatic nitrogens is 1. The van der Waals surface area contributed by atoms with Crippen LogP contribution in [-0.2, 0) is 0 Å². The predicted molar refractivity (Wildman–Crippen MR) is 69.0 cm³/mol. The van der Waals surface area contributed by atoms with Crippen molar-refractivity contribution in [1.82, 2.24) is 10.4 Å². The number of hydrogen-bond acceptors (Lipinski definition) is 4. The molecule has 94 valence electrons. The lowest BCUT2D eigenvalue weighted by Gasteiger charge is -2.18. The maximum atomic E-state index is 13.4. The third-order valence-electron chi connectivity index (χ3n) is 2.76. The number of hydrazine groups is 1. The van der Waals surface area contributed by atoms with Crippen LogP contribution in [0.3, 0.4) is 0 Å². The number of aryl methyl sites for hydroxylation is 1. The van der Waals surface area contributed by atoms with Crippen molar-refractivity contribution in [3.63, 3.8) is 0 Å². The third-order valence-corrected chi connectivity index (χ3v) is 2.76. The molecule has 1 heterocycles. The van der Waals surface area contributed by atoms with Gasteiger partial charge in [-0.25, -0.2) is 9.82 Å². The molecule has 1 aromatic heterocycles. The number of pyridine rings is 1. The number of rotatable bonds is 3. The first-order chi connectivity index (χ1) is 8.61. The zero-order valence-electron chi connectivity index (χ0n) is 10.0. The van der Waals surface area contributed by atoms with Crippen LogP contribution < -0.4 is 17.0 Å². The normalized spacial score (nSPS) is 12.4. The summed E-state index contributed by atoms with van der Waals surface area (Å²) in [6, 6.07) is 6.06. The highest BCUT2D eigenvalue weighted by atomic mass is 19.1. The van der Waals surface area contributed by atoms with Gasteiger partial charge in [0.25, 0.3) is 0 Å². The summed E-state index contributed by atoms with van der Waals surface area (Å²) in [7, 11) is 0. The first kappa shape index (κ1) is 12.5. The molecule has 2 aromatic rings. The van der Waals surface area contributed by atoms with E-state index in [9.17, 15) is 4.39 Å². The van der Waals surface area contributed by atoms with E-state index in [-0.39, 0.29) is 11.9 Å². The molecule has 0 aliphatic rings. The summed E-state index contributed by atoms with van der Waals surface area (Å²) in [6.07, 6.45) is 3.23. The number of nitrogen functional groups attached to an aromatic ring is 1. The number of anilines is 1. The van der Waals surface area contributed by atoms with Crippen LogP contribution in [0.2, 0.25) is 0 Å². The van der Waals surface area contributed by atoms with Gasteiger partial charge < -0.3 is 5.73 Å². The Kier molecular flexibility index (Phi) is 3.55. The molecular formula is C13H15FN4. The zero-order valence-corrected chi connectivity index (χ0v) is 10.0. The average molecular weight is 246 g/mol. The summed E-state index contributed by atoms with van der Waals surface area (Å²) in [6.45, 7) is 1.83. The Morgan fingerprint density at radius 2 is 2.11 bits per heavy atom. The maximum Gasteiger partial charge on any atom is 0.123 e. The van der Waals surface area contributed by atoms with Crippen LogP contribution in [0.25, 0.3) is 0 Å². The van der Waals surface area contributed by atoms with Gasteiger partial charge in [0.1, 0.15) is 5.82 Å². The smallest absolute Gasteiger partial charge is 0.123 e. The van der Waals surface area contributed by atoms with Crippen molar-refractivity contribution in [2.45, 2.75) is 13.0 Å². The SMILES string of the molecule is Cc1cc(F)cc(C(NN)c2cnccc2N)c1. The standard InChI is InChI=1S/C13H15FN4/c1-8-4-9(6-10(14)5-8)13(18-16)11-7-17-3-2-12(11)15/h2-7,13,18H,16H2,1H3,(H2,15,17). The number of nitrogens with two attached hydrogens (primary N) is 2. The molecule has 0 saturated carbocycles. The van der Waals surface area contributed by atoms with Crippen molar-refractivity contribution in [3.05, 3.63) is 59.2 Å². The fourth-order valence-corrected chi connectivity index (χ4v) is 1.96. The van der Waals surface area contributed by atoms with Crippen molar-refractivity contribution in [1.29, 1.82) is 0 Å². The maximum absolute atomic E-state index is 13.4. The molecule has 1 atom stereocenters. The fraction of sp³-hybridized carbons (Fsp3) is 0.154. The van der Waals surface area contributed by atoms with Crippen LogP contribution in [0, 0.1) is 12.7 Å². The van der Waals surface area contributed by atoms with Gasteiger partial charge in [0.15, 0.2) is 0 Å². The van der Waals surface area contributed by atoms with E-state index in [1.165, 1.54) is 12.1 Å². The fourth-order valence-electron chi connectivity index (χ4n) is 1.96. The molecule has 0 fully saturated rings. The summed E-state index contributed by atoms with van der Waals surface area (Å²) >= 11 is 0. The highest BCUT2D eigenvalue weighted by Gasteiger charge is 2.16. The van der Waals surface area contributed by atoms with Gasteiger partial charge in [-0.1, -0.05) is 6.07 Å². The van der Waals surface area contributed by atoms with Gasteiger partial charge in [-0.2, -0.15) is 0 Å². The molecule has 0 aliphatic heterocycles. The predicted octanol–water partition coefficient (Wildman–Crippen LogP) is 1.66. The molecule has 4 nitrogen and oxygen atoms in total. The summed E-state index contributed by atoms with van der Waals surface area (Å²) in [5.74, 6) is 5.25. The Labute approximate surface area is 105 Å². The summed E-state index contributed by atoms with van der Waals surface area (Å²) in [5, 5.41) is 0. The summed E-state index contributed by atoms with van der Waals surface area (Å²) in [5.41, 5.74) is 11.4. The largest absolute Gasteiger partial charge is 0.398 e. The molecular weight excluding hydrogens is 231 g/mol. The molecule has 0 amide bonds. The lowest BCUT2D eigenvalue weighted by Crippen LogP contribution is -2.29. The monoisotopic (exact) mass is 246 g/mol. The molecule has 2 rings (SSSR count). The average Bonchev–Trinajstić information content (AvgIpc) is 2.31. The Bertz CT molecular complexity index is 536. The Hall–Kier alpha value is -1.98. The summed E-state index contributed by atoms with van der Waals surface area (Å²) in [4.78, 5) is 4.02. The summed E-state index contributed by atoms with van der Waals surface area (Å²) < 4.78 is 13.4. The van der Waals surface area contributed by atoms with E-state index >= 15 is 0 Å². The van der Waals surface area contributed by atoms with Gasteiger partial charge >= 0.3 is 0 Å². The molecule has 1 aromatic carbocycles. The van der Waals surface area contributed by atoms with Crippen LogP contribution in [-0.4, -0.2) is 4.98 Å². The van der Waals surface area contributed by atoms with Crippen molar-refractivity contribution in [3.8, 4) is 0 Å². The Morgan fingerprint density at radius 3 is 2.72 bits per heavy atom. The molecule has 0 radical (unpaired) electrons. The zero-order chi connectivity index (χ0) is 13.1. The van der Waals surface area contributed by atoms with Crippen LogP contribution in [0.15, 0.2) is 36.7 Å². The van der Waals surface area contributed by atoms with Gasteiger partial charge in [0.05, 0.1) is 6.04 Å². The topological polar surface area (TPSA) is 77.0 Å². The van der Waals surface area contributed by atoms with Gasteiger partial charge in [-0.15, -0.1) is 0 Å². The van der Waals surface area contributed by atoms with Crippen molar-refractivity contribution in [2.75, 3.05) is 5.73 Å². The minimum atomic E-state index is -0.381. The van der Waals surface area contributed by atoms with E-state index in [1.54, 1.807) is 18.5 Å². The number of hydrogen-bond donors (Lipinski definition) is 3. The van der Waals surface area contributed by atoms with Crippen LogP contribution in [0.4, 0.5) is 10.1 Å². The van der Waals surface area contributed by atoms with Gasteiger partial charge in [0.2, 0.25) is 0 Å². The van der Waals surface area contributed by atoms with Crippen molar-refractivity contribution < 1.29 is 4.39 Å². The minimum absolute atomic E-state index is 0.298. The van der Waals surface area contributed by atoms with E-state index in [0.29, 0.717) is 5.69 Å². The Morgan fingerprint density at radius 1 is 1.33 bits per heavy atom. The molecule has 18 heavy (non-hydrogen) atoms. The van der Waals surface area contributed by atoms with Crippen LogP contribution >= 0.6 is 0 Å². The van der Waals surface area contributed by atoms with E-state index in [2.05, 4.69) is 10.4 Å².